The van der Waals surface area contributed by atoms with Crippen molar-refractivity contribution in [2.75, 3.05) is 6.54 Å². The van der Waals surface area contributed by atoms with E-state index < -0.39 is 6.17 Å². The Morgan fingerprint density at radius 1 is 1.00 bits per heavy atom. The van der Waals surface area contributed by atoms with Crippen molar-refractivity contribution in [3.05, 3.63) is 0 Å². The Hall–Kier alpha value is -0.110. The predicted octanol–water partition coefficient (Wildman–Crippen LogP) is 2.66. The number of hydrogen-bond donors (Lipinski definition) is 1. The lowest BCUT2D eigenvalue weighted by molar-refractivity contribution is 0.120. The Bertz CT molecular complexity index is 148. The van der Waals surface area contributed by atoms with Crippen molar-refractivity contribution in [2.24, 2.45) is 5.92 Å². The van der Waals surface area contributed by atoms with Gasteiger partial charge in [0.05, 0.1) is 0 Å². The third kappa shape index (κ3) is 2.22. The average molecular weight is 185 g/mol. The number of halogens is 1. The fourth-order valence-electron chi connectivity index (χ4n) is 2.54. The van der Waals surface area contributed by atoms with Crippen LogP contribution in [0, 0.1) is 5.92 Å². The summed E-state index contributed by atoms with van der Waals surface area (Å²) in [6.07, 6.45) is 7.88. The molecule has 13 heavy (non-hydrogen) atoms. The van der Waals surface area contributed by atoms with Gasteiger partial charge in [0.15, 0.2) is 0 Å². The first-order chi connectivity index (χ1) is 6.38. The Morgan fingerprint density at radius 2 is 1.62 bits per heavy atom. The van der Waals surface area contributed by atoms with E-state index in [2.05, 4.69) is 5.32 Å². The average Bonchev–Trinajstić information content (AvgIpc) is 2.27. The van der Waals surface area contributed by atoms with E-state index in [1.54, 1.807) is 0 Å². The minimum atomic E-state index is -0.563. The van der Waals surface area contributed by atoms with Gasteiger partial charge >= 0.3 is 0 Å². The highest BCUT2D eigenvalue weighted by molar-refractivity contribution is 4.89. The highest BCUT2D eigenvalue weighted by atomic mass is 19.1. The van der Waals surface area contributed by atoms with Crippen LogP contribution in [0.2, 0.25) is 0 Å². The summed E-state index contributed by atoms with van der Waals surface area (Å²) in [7, 11) is 0. The van der Waals surface area contributed by atoms with Crippen LogP contribution < -0.4 is 5.32 Å². The first-order valence-corrected chi connectivity index (χ1v) is 5.75. The van der Waals surface area contributed by atoms with Crippen molar-refractivity contribution in [1.29, 1.82) is 0 Å². The molecule has 0 amide bonds. The van der Waals surface area contributed by atoms with Gasteiger partial charge in [-0.15, -0.1) is 0 Å². The van der Waals surface area contributed by atoms with E-state index in [-0.39, 0.29) is 6.04 Å². The van der Waals surface area contributed by atoms with Crippen molar-refractivity contribution in [3.8, 4) is 0 Å². The van der Waals surface area contributed by atoms with Gasteiger partial charge in [-0.1, -0.05) is 25.7 Å². The lowest BCUT2D eigenvalue weighted by Gasteiger charge is -2.34. The molecule has 0 bridgehead atoms. The zero-order valence-corrected chi connectivity index (χ0v) is 8.27. The summed E-state index contributed by atoms with van der Waals surface area (Å²) in [6.45, 7) is 1.03. The molecule has 0 aromatic heterocycles. The van der Waals surface area contributed by atoms with Crippen LogP contribution >= 0.6 is 0 Å². The van der Waals surface area contributed by atoms with Gasteiger partial charge in [-0.05, 0) is 31.7 Å². The van der Waals surface area contributed by atoms with Gasteiger partial charge in [0, 0.05) is 6.04 Å². The number of alkyl halides is 1. The minimum absolute atomic E-state index is 0.197. The van der Waals surface area contributed by atoms with Gasteiger partial charge in [0.1, 0.15) is 6.17 Å². The molecular formula is C11H20FN. The van der Waals surface area contributed by atoms with Crippen molar-refractivity contribution < 1.29 is 4.39 Å². The molecule has 2 rings (SSSR count). The minimum Gasteiger partial charge on any atom is -0.311 e. The van der Waals surface area contributed by atoms with E-state index >= 15 is 0 Å². The quantitative estimate of drug-likeness (QED) is 0.652. The molecule has 0 aromatic carbocycles. The number of hydrogen-bond acceptors (Lipinski definition) is 1. The van der Waals surface area contributed by atoms with E-state index in [0.29, 0.717) is 5.92 Å². The van der Waals surface area contributed by atoms with Crippen molar-refractivity contribution >= 4 is 0 Å². The predicted molar refractivity (Wildman–Crippen MR) is 52.5 cm³/mol. The van der Waals surface area contributed by atoms with E-state index in [4.69, 9.17) is 0 Å². The number of rotatable bonds is 2. The standard InChI is InChI=1S/C11H20FN/c12-11(10-7-8-13-10)9-5-3-1-2-4-6-9/h9-11,13H,1-8H2. The third-order valence-electron chi connectivity index (χ3n) is 3.60. The van der Waals surface area contributed by atoms with E-state index in [9.17, 15) is 4.39 Å². The molecule has 1 aliphatic carbocycles. The van der Waals surface area contributed by atoms with Gasteiger partial charge < -0.3 is 5.32 Å². The van der Waals surface area contributed by atoms with Crippen LogP contribution in [-0.2, 0) is 0 Å². The lowest BCUT2D eigenvalue weighted by Crippen LogP contribution is -2.51. The van der Waals surface area contributed by atoms with Gasteiger partial charge in [0.2, 0.25) is 0 Å². The highest BCUT2D eigenvalue weighted by Crippen LogP contribution is 2.30. The molecule has 0 spiro atoms. The van der Waals surface area contributed by atoms with Gasteiger partial charge in [-0.2, -0.15) is 0 Å². The lowest BCUT2D eigenvalue weighted by atomic mass is 9.87. The fourth-order valence-corrected chi connectivity index (χ4v) is 2.54. The summed E-state index contributed by atoms with van der Waals surface area (Å²) in [5, 5.41) is 3.19. The van der Waals surface area contributed by atoms with Crippen LogP contribution in [0.4, 0.5) is 4.39 Å². The monoisotopic (exact) mass is 185 g/mol. The van der Waals surface area contributed by atoms with Gasteiger partial charge in [0.25, 0.3) is 0 Å². The molecule has 76 valence electrons. The van der Waals surface area contributed by atoms with Crippen LogP contribution in [-0.4, -0.2) is 18.8 Å². The molecular weight excluding hydrogens is 165 g/mol. The topological polar surface area (TPSA) is 12.0 Å². The summed E-state index contributed by atoms with van der Waals surface area (Å²) < 4.78 is 13.9. The molecule has 2 unspecified atom stereocenters. The van der Waals surface area contributed by atoms with E-state index in [1.165, 1.54) is 25.7 Å². The van der Waals surface area contributed by atoms with Crippen LogP contribution in [0.1, 0.15) is 44.9 Å². The molecule has 1 saturated carbocycles. The zero-order chi connectivity index (χ0) is 9.10. The normalized spacial score (nSPS) is 33.5. The first kappa shape index (κ1) is 9.45. The first-order valence-electron chi connectivity index (χ1n) is 5.75. The molecule has 2 fully saturated rings. The SMILES string of the molecule is FC(C1CCCCCC1)C1CCN1. The maximum absolute atomic E-state index is 13.9. The summed E-state index contributed by atoms with van der Waals surface area (Å²) >= 11 is 0. The van der Waals surface area contributed by atoms with Crippen LogP contribution in [0.25, 0.3) is 0 Å². The molecule has 0 radical (unpaired) electrons. The Labute approximate surface area is 80.1 Å². The van der Waals surface area contributed by atoms with Gasteiger partial charge in [-0.3, -0.25) is 0 Å². The fraction of sp³-hybridized carbons (Fsp3) is 1.00. The smallest absolute Gasteiger partial charge is 0.118 e. The second-order valence-electron chi connectivity index (χ2n) is 4.55. The molecule has 2 aliphatic rings. The van der Waals surface area contributed by atoms with Crippen molar-refractivity contribution in [3.63, 3.8) is 0 Å². The second-order valence-corrected chi connectivity index (χ2v) is 4.55. The summed E-state index contributed by atoms with van der Waals surface area (Å²) in [5.74, 6) is 0.361. The molecule has 1 nitrogen and oxygen atoms in total. The zero-order valence-electron chi connectivity index (χ0n) is 8.27. The molecule has 2 atom stereocenters. The summed E-state index contributed by atoms with van der Waals surface area (Å²) in [5.41, 5.74) is 0. The molecule has 1 saturated heterocycles. The summed E-state index contributed by atoms with van der Waals surface area (Å²) in [4.78, 5) is 0. The largest absolute Gasteiger partial charge is 0.311 e. The Balaban J connectivity index is 1.82. The van der Waals surface area contributed by atoms with Crippen LogP contribution in [0.3, 0.4) is 0 Å². The van der Waals surface area contributed by atoms with E-state index in [0.717, 1.165) is 25.8 Å². The maximum Gasteiger partial charge on any atom is 0.118 e. The number of nitrogens with one attached hydrogen (secondary N) is 1. The summed E-state index contributed by atoms with van der Waals surface area (Å²) in [6, 6.07) is 0.197. The molecule has 2 heteroatoms. The molecule has 1 aliphatic heterocycles. The maximum atomic E-state index is 13.9. The Kier molecular flexibility index (Phi) is 3.20. The third-order valence-corrected chi connectivity index (χ3v) is 3.60. The van der Waals surface area contributed by atoms with Crippen LogP contribution in [0.15, 0.2) is 0 Å². The van der Waals surface area contributed by atoms with Gasteiger partial charge in [-0.25, -0.2) is 4.39 Å². The van der Waals surface area contributed by atoms with Crippen molar-refractivity contribution in [1.82, 2.24) is 5.32 Å². The molecule has 1 heterocycles. The van der Waals surface area contributed by atoms with Crippen LogP contribution in [0.5, 0.6) is 0 Å². The highest BCUT2D eigenvalue weighted by Gasteiger charge is 2.32. The molecule has 1 N–H and O–H groups in total. The molecule has 0 aromatic rings. The second kappa shape index (κ2) is 4.41. The van der Waals surface area contributed by atoms with E-state index in [1.807, 2.05) is 0 Å². The van der Waals surface area contributed by atoms with Crippen molar-refractivity contribution in [2.45, 2.75) is 57.2 Å². The Morgan fingerprint density at radius 3 is 2.08 bits per heavy atom.